The Morgan fingerprint density at radius 1 is 1.19 bits per heavy atom. The number of fused-ring (bicyclic) bond motifs is 1. The highest BCUT2D eigenvalue weighted by Gasteiger charge is 2.18. The second-order valence-corrected chi connectivity index (χ2v) is 5.87. The Bertz CT molecular complexity index is 1040. The summed E-state index contributed by atoms with van der Waals surface area (Å²) in [7, 11) is 0. The molecule has 2 heterocycles. The summed E-state index contributed by atoms with van der Waals surface area (Å²) in [6.07, 6.45) is 1.72. The number of benzene rings is 2. The maximum absolute atomic E-state index is 12.4. The number of hydrogen-bond acceptors (Lipinski definition) is 5. The summed E-state index contributed by atoms with van der Waals surface area (Å²) in [5.41, 5.74) is 2.69. The van der Waals surface area contributed by atoms with E-state index in [4.69, 9.17) is 4.52 Å². The fourth-order valence-corrected chi connectivity index (χ4v) is 2.77. The molecule has 1 atom stereocenters. The van der Waals surface area contributed by atoms with Crippen LogP contribution < -0.4 is 5.32 Å². The van der Waals surface area contributed by atoms with Crippen molar-refractivity contribution in [3.8, 4) is 11.3 Å². The summed E-state index contributed by atoms with van der Waals surface area (Å²) in [6.45, 7) is -0.211. The highest BCUT2D eigenvalue weighted by Crippen LogP contribution is 2.24. The summed E-state index contributed by atoms with van der Waals surface area (Å²) >= 11 is 0. The van der Waals surface area contributed by atoms with Crippen molar-refractivity contribution in [2.45, 2.75) is 6.04 Å². The zero-order valence-corrected chi connectivity index (χ0v) is 13.7. The molecular formula is C19H16N4O3. The van der Waals surface area contributed by atoms with Gasteiger partial charge in [0.25, 0.3) is 5.91 Å². The van der Waals surface area contributed by atoms with Crippen LogP contribution in [0.1, 0.15) is 22.1 Å². The SMILES string of the molecule is O=C(N[C@H](CO)c1ccccc1)c1cc(-c2ccc3[nH]ncc3c2)on1. The van der Waals surface area contributed by atoms with E-state index in [2.05, 4.69) is 20.7 Å². The van der Waals surface area contributed by atoms with Crippen LogP contribution in [-0.4, -0.2) is 33.0 Å². The van der Waals surface area contributed by atoms with Crippen LogP contribution in [0.5, 0.6) is 0 Å². The molecule has 0 radical (unpaired) electrons. The molecule has 0 saturated carbocycles. The molecule has 0 aliphatic heterocycles. The van der Waals surface area contributed by atoms with Crippen molar-refractivity contribution in [3.63, 3.8) is 0 Å². The van der Waals surface area contributed by atoms with Crippen LogP contribution >= 0.6 is 0 Å². The van der Waals surface area contributed by atoms with Gasteiger partial charge >= 0.3 is 0 Å². The molecule has 0 unspecified atom stereocenters. The first-order valence-electron chi connectivity index (χ1n) is 8.11. The minimum atomic E-state index is -0.508. The van der Waals surface area contributed by atoms with Crippen LogP contribution in [-0.2, 0) is 0 Å². The molecule has 0 fully saturated rings. The van der Waals surface area contributed by atoms with E-state index in [0.29, 0.717) is 5.76 Å². The van der Waals surface area contributed by atoms with E-state index in [-0.39, 0.29) is 12.3 Å². The van der Waals surface area contributed by atoms with E-state index in [9.17, 15) is 9.90 Å². The molecule has 0 saturated heterocycles. The highest BCUT2D eigenvalue weighted by atomic mass is 16.5. The van der Waals surface area contributed by atoms with Gasteiger partial charge in [0.05, 0.1) is 24.4 Å². The van der Waals surface area contributed by atoms with Gasteiger partial charge in [0, 0.05) is 17.0 Å². The maximum Gasteiger partial charge on any atom is 0.274 e. The molecule has 4 rings (SSSR count). The van der Waals surface area contributed by atoms with Gasteiger partial charge in [-0.15, -0.1) is 0 Å². The average Bonchev–Trinajstić information content (AvgIpc) is 3.35. The summed E-state index contributed by atoms with van der Waals surface area (Å²) < 4.78 is 5.31. The summed E-state index contributed by atoms with van der Waals surface area (Å²) in [5.74, 6) is 0.0748. The first kappa shape index (κ1) is 16.0. The molecule has 1 amide bonds. The Labute approximate surface area is 148 Å². The summed E-state index contributed by atoms with van der Waals surface area (Å²) in [5, 5.41) is 24.0. The Kier molecular flexibility index (Phi) is 4.20. The van der Waals surface area contributed by atoms with Gasteiger partial charge in [-0.3, -0.25) is 9.89 Å². The number of aliphatic hydroxyl groups excluding tert-OH is 1. The van der Waals surface area contributed by atoms with Crippen molar-refractivity contribution in [3.05, 3.63) is 72.1 Å². The molecule has 26 heavy (non-hydrogen) atoms. The van der Waals surface area contributed by atoms with Gasteiger partial charge in [-0.05, 0) is 23.8 Å². The van der Waals surface area contributed by atoms with Crippen molar-refractivity contribution in [2.24, 2.45) is 0 Å². The topological polar surface area (TPSA) is 104 Å². The number of nitrogens with one attached hydrogen (secondary N) is 2. The lowest BCUT2D eigenvalue weighted by molar-refractivity contribution is 0.0907. The van der Waals surface area contributed by atoms with Crippen molar-refractivity contribution in [1.29, 1.82) is 0 Å². The third kappa shape index (κ3) is 3.07. The van der Waals surface area contributed by atoms with Gasteiger partial charge in [-0.2, -0.15) is 5.10 Å². The van der Waals surface area contributed by atoms with Gasteiger partial charge in [0.1, 0.15) is 0 Å². The Morgan fingerprint density at radius 2 is 2.04 bits per heavy atom. The standard InChI is InChI=1S/C19H16N4O3/c24-11-17(12-4-2-1-3-5-12)21-19(25)16-9-18(26-23-16)13-6-7-15-14(8-13)10-20-22-15/h1-10,17,24H,11H2,(H,20,22)(H,21,25)/t17-/m1/s1. The number of aliphatic hydroxyl groups is 1. The summed E-state index contributed by atoms with van der Waals surface area (Å²) in [6, 6.07) is 16.0. The van der Waals surface area contributed by atoms with E-state index in [1.807, 2.05) is 48.5 Å². The van der Waals surface area contributed by atoms with E-state index in [0.717, 1.165) is 22.0 Å². The molecule has 0 aliphatic rings. The first-order chi connectivity index (χ1) is 12.7. The highest BCUT2D eigenvalue weighted by molar-refractivity contribution is 5.93. The minimum absolute atomic E-state index is 0.154. The zero-order valence-electron chi connectivity index (χ0n) is 13.7. The van der Waals surface area contributed by atoms with Crippen molar-refractivity contribution in [1.82, 2.24) is 20.7 Å². The van der Waals surface area contributed by atoms with Crippen LogP contribution in [0.3, 0.4) is 0 Å². The maximum atomic E-state index is 12.4. The first-order valence-corrected chi connectivity index (χ1v) is 8.11. The van der Waals surface area contributed by atoms with Crippen molar-refractivity contribution < 1.29 is 14.4 Å². The molecular weight excluding hydrogens is 332 g/mol. The number of nitrogens with zero attached hydrogens (tertiary/aromatic N) is 2. The van der Waals surface area contributed by atoms with Crippen LogP contribution in [0, 0.1) is 0 Å². The van der Waals surface area contributed by atoms with Gasteiger partial charge in [-0.25, -0.2) is 0 Å². The normalized spacial score (nSPS) is 12.2. The number of hydrogen-bond donors (Lipinski definition) is 3. The fourth-order valence-electron chi connectivity index (χ4n) is 2.77. The monoisotopic (exact) mass is 348 g/mol. The molecule has 2 aromatic carbocycles. The Hall–Kier alpha value is -3.45. The lowest BCUT2D eigenvalue weighted by Gasteiger charge is -2.15. The average molecular weight is 348 g/mol. The molecule has 4 aromatic rings. The van der Waals surface area contributed by atoms with Gasteiger partial charge in [0.15, 0.2) is 11.5 Å². The number of carbonyl (C=O) groups excluding carboxylic acids is 1. The molecule has 7 heteroatoms. The quantitative estimate of drug-likeness (QED) is 0.514. The largest absolute Gasteiger partial charge is 0.394 e. The zero-order chi connectivity index (χ0) is 17.9. The summed E-state index contributed by atoms with van der Waals surface area (Å²) in [4.78, 5) is 12.4. The van der Waals surface area contributed by atoms with Crippen LogP contribution in [0.15, 0.2) is 65.3 Å². The molecule has 2 aromatic heterocycles. The predicted molar refractivity (Wildman–Crippen MR) is 95.3 cm³/mol. The van der Waals surface area contributed by atoms with E-state index < -0.39 is 11.9 Å². The third-order valence-corrected chi connectivity index (χ3v) is 4.16. The van der Waals surface area contributed by atoms with Crippen molar-refractivity contribution >= 4 is 16.8 Å². The minimum Gasteiger partial charge on any atom is -0.394 e. The van der Waals surface area contributed by atoms with E-state index >= 15 is 0 Å². The molecule has 7 nitrogen and oxygen atoms in total. The number of rotatable bonds is 5. The van der Waals surface area contributed by atoms with Crippen LogP contribution in [0.4, 0.5) is 0 Å². The van der Waals surface area contributed by atoms with Crippen LogP contribution in [0.2, 0.25) is 0 Å². The number of H-pyrrole nitrogens is 1. The molecule has 0 spiro atoms. The Morgan fingerprint density at radius 3 is 2.85 bits per heavy atom. The molecule has 0 aliphatic carbocycles. The van der Waals surface area contributed by atoms with E-state index in [1.165, 1.54) is 0 Å². The van der Waals surface area contributed by atoms with E-state index in [1.54, 1.807) is 12.3 Å². The second-order valence-electron chi connectivity index (χ2n) is 5.87. The third-order valence-electron chi connectivity index (χ3n) is 4.16. The molecule has 130 valence electrons. The number of amides is 1. The van der Waals surface area contributed by atoms with Gasteiger partial charge < -0.3 is 14.9 Å². The van der Waals surface area contributed by atoms with Crippen molar-refractivity contribution in [2.75, 3.05) is 6.61 Å². The number of aromatic amines is 1. The number of aromatic nitrogens is 3. The lowest BCUT2D eigenvalue weighted by Crippen LogP contribution is -2.30. The van der Waals surface area contributed by atoms with Gasteiger partial charge in [-0.1, -0.05) is 35.5 Å². The molecule has 0 bridgehead atoms. The van der Waals surface area contributed by atoms with Crippen LogP contribution in [0.25, 0.3) is 22.2 Å². The number of carbonyl (C=O) groups is 1. The second kappa shape index (κ2) is 6.81. The van der Waals surface area contributed by atoms with Gasteiger partial charge in [0.2, 0.25) is 0 Å². The lowest BCUT2D eigenvalue weighted by atomic mass is 10.1. The Balaban J connectivity index is 1.54. The molecule has 3 N–H and O–H groups in total. The fraction of sp³-hybridized carbons (Fsp3) is 0.105. The smallest absolute Gasteiger partial charge is 0.274 e. The predicted octanol–water partition coefficient (Wildman–Crippen LogP) is 2.68.